The number of rotatable bonds is 4. The minimum Gasteiger partial charge on any atom is -0.388 e. The van der Waals surface area contributed by atoms with Crippen LogP contribution in [-0.2, 0) is 12.8 Å². The van der Waals surface area contributed by atoms with Crippen molar-refractivity contribution in [3.63, 3.8) is 0 Å². The maximum Gasteiger partial charge on any atom is 0.126 e. The molecule has 0 heterocycles. The van der Waals surface area contributed by atoms with Crippen LogP contribution in [0.25, 0.3) is 0 Å². The van der Waals surface area contributed by atoms with Crippen LogP contribution in [-0.4, -0.2) is 5.11 Å². The van der Waals surface area contributed by atoms with Gasteiger partial charge in [0.05, 0.1) is 6.10 Å². The third-order valence-electron chi connectivity index (χ3n) is 3.19. The zero-order chi connectivity index (χ0) is 13.8. The quantitative estimate of drug-likeness (QED) is 0.883. The molecule has 0 aliphatic carbocycles. The lowest BCUT2D eigenvalue weighted by molar-refractivity contribution is 0.177. The summed E-state index contributed by atoms with van der Waals surface area (Å²) in [4.78, 5) is 0. The highest BCUT2D eigenvalue weighted by atomic mass is 35.5. The summed E-state index contributed by atoms with van der Waals surface area (Å²) < 4.78 is 13.6. The average molecular weight is 279 g/mol. The summed E-state index contributed by atoms with van der Waals surface area (Å²) in [5.74, 6) is -0.339. The third-order valence-corrected chi connectivity index (χ3v) is 3.43. The Balaban J connectivity index is 2.15. The highest BCUT2D eigenvalue weighted by Gasteiger charge is 2.12. The van der Waals surface area contributed by atoms with E-state index in [1.807, 2.05) is 24.3 Å². The molecule has 0 aliphatic rings. The molecule has 0 amide bonds. The van der Waals surface area contributed by atoms with Crippen molar-refractivity contribution in [2.45, 2.75) is 25.9 Å². The molecule has 3 heteroatoms. The van der Waals surface area contributed by atoms with Crippen molar-refractivity contribution in [3.05, 3.63) is 70.0 Å². The Kier molecular flexibility index (Phi) is 4.56. The first kappa shape index (κ1) is 14.0. The van der Waals surface area contributed by atoms with Gasteiger partial charge >= 0.3 is 0 Å². The maximum absolute atomic E-state index is 13.6. The summed E-state index contributed by atoms with van der Waals surface area (Å²) in [5.41, 5.74) is 2.43. The van der Waals surface area contributed by atoms with Crippen LogP contribution in [0, 0.1) is 5.82 Å². The van der Waals surface area contributed by atoms with Crippen LogP contribution in [0.3, 0.4) is 0 Å². The first-order valence-corrected chi connectivity index (χ1v) is 6.68. The van der Waals surface area contributed by atoms with Crippen molar-refractivity contribution in [2.75, 3.05) is 0 Å². The van der Waals surface area contributed by atoms with E-state index in [-0.39, 0.29) is 12.2 Å². The van der Waals surface area contributed by atoms with Crippen LogP contribution in [0.2, 0.25) is 5.02 Å². The number of hydrogen-bond donors (Lipinski definition) is 1. The van der Waals surface area contributed by atoms with Crippen molar-refractivity contribution in [1.29, 1.82) is 0 Å². The Morgan fingerprint density at radius 2 is 1.84 bits per heavy atom. The molecule has 100 valence electrons. The van der Waals surface area contributed by atoms with Gasteiger partial charge in [0.2, 0.25) is 0 Å². The van der Waals surface area contributed by atoms with Gasteiger partial charge in [-0.2, -0.15) is 0 Å². The molecule has 2 rings (SSSR count). The number of hydrogen-bond acceptors (Lipinski definition) is 1. The predicted molar refractivity (Wildman–Crippen MR) is 75.9 cm³/mol. The van der Waals surface area contributed by atoms with E-state index in [4.69, 9.17) is 11.6 Å². The molecule has 1 nitrogen and oxygen atoms in total. The summed E-state index contributed by atoms with van der Waals surface area (Å²) in [6.45, 7) is 2.08. The van der Waals surface area contributed by atoms with E-state index in [0.29, 0.717) is 10.6 Å². The van der Waals surface area contributed by atoms with Gasteiger partial charge in [-0.05, 0) is 41.3 Å². The Bertz CT molecular complexity index is 551. The van der Waals surface area contributed by atoms with E-state index in [1.165, 1.54) is 17.7 Å². The second-order valence-electron chi connectivity index (χ2n) is 4.55. The lowest BCUT2D eigenvalue weighted by Gasteiger charge is -2.12. The van der Waals surface area contributed by atoms with Crippen molar-refractivity contribution in [3.8, 4) is 0 Å². The fourth-order valence-corrected chi connectivity index (χ4v) is 2.20. The van der Waals surface area contributed by atoms with Gasteiger partial charge in [-0.25, -0.2) is 4.39 Å². The van der Waals surface area contributed by atoms with Gasteiger partial charge in [0, 0.05) is 11.4 Å². The summed E-state index contributed by atoms with van der Waals surface area (Å²) >= 11 is 5.84. The van der Waals surface area contributed by atoms with Gasteiger partial charge in [-0.1, -0.05) is 42.8 Å². The zero-order valence-corrected chi connectivity index (χ0v) is 11.5. The van der Waals surface area contributed by atoms with Gasteiger partial charge in [0.15, 0.2) is 0 Å². The lowest BCUT2D eigenvalue weighted by atomic mass is 9.99. The predicted octanol–water partition coefficient (Wildman–Crippen LogP) is 4.32. The van der Waals surface area contributed by atoms with Crippen molar-refractivity contribution in [1.82, 2.24) is 0 Å². The Morgan fingerprint density at radius 3 is 2.47 bits per heavy atom. The number of benzene rings is 2. The number of aliphatic hydroxyl groups excluding tert-OH is 1. The first-order chi connectivity index (χ1) is 9.10. The van der Waals surface area contributed by atoms with Crippen LogP contribution in [0.15, 0.2) is 42.5 Å². The monoisotopic (exact) mass is 278 g/mol. The molecule has 0 bridgehead atoms. The van der Waals surface area contributed by atoms with Crippen molar-refractivity contribution >= 4 is 11.6 Å². The number of aryl methyl sites for hydroxylation is 1. The molecule has 1 unspecified atom stereocenters. The van der Waals surface area contributed by atoms with Crippen LogP contribution >= 0.6 is 11.6 Å². The Labute approximate surface area is 117 Å². The average Bonchev–Trinajstić information content (AvgIpc) is 2.43. The molecule has 19 heavy (non-hydrogen) atoms. The van der Waals surface area contributed by atoms with Gasteiger partial charge in [0.25, 0.3) is 0 Å². The van der Waals surface area contributed by atoms with Crippen LogP contribution in [0.5, 0.6) is 0 Å². The largest absolute Gasteiger partial charge is 0.388 e. The number of halogens is 2. The SMILES string of the molecule is CCc1ccc(C(O)Cc2cc(Cl)ccc2F)cc1. The number of aliphatic hydroxyl groups is 1. The summed E-state index contributed by atoms with van der Waals surface area (Å²) in [7, 11) is 0. The molecule has 0 fully saturated rings. The molecule has 2 aromatic carbocycles. The van der Waals surface area contributed by atoms with E-state index in [9.17, 15) is 9.50 Å². The van der Waals surface area contributed by atoms with Gasteiger partial charge in [0.1, 0.15) is 5.82 Å². The van der Waals surface area contributed by atoms with E-state index < -0.39 is 6.10 Å². The van der Waals surface area contributed by atoms with E-state index in [0.717, 1.165) is 12.0 Å². The summed E-state index contributed by atoms with van der Waals surface area (Å²) in [5, 5.41) is 10.6. The maximum atomic E-state index is 13.6. The highest BCUT2D eigenvalue weighted by Crippen LogP contribution is 2.23. The van der Waals surface area contributed by atoms with Crippen molar-refractivity contribution < 1.29 is 9.50 Å². The highest BCUT2D eigenvalue weighted by molar-refractivity contribution is 6.30. The van der Waals surface area contributed by atoms with E-state index in [2.05, 4.69) is 6.92 Å². The molecule has 0 aromatic heterocycles. The molecule has 1 N–H and O–H groups in total. The fourth-order valence-electron chi connectivity index (χ4n) is 2.00. The standard InChI is InChI=1S/C16H16ClFO/c1-2-11-3-5-12(6-4-11)16(19)10-13-9-14(17)7-8-15(13)18/h3-9,16,19H,2,10H2,1H3. The van der Waals surface area contributed by atoms with Gasteiger partial charge in [-0.15, -0.1) is 0 Å². The van der Waals surface area contributed by atoms with E-state index in [1.54, 1.807) is 6.07 Å². The molecule has 0 radical (unpaired) electrons. The van der Waals surface area contributed by atoms with E-state index >= 15 is 0 Å². The van der Waals surface area contributed by atoms with Gasteiger partial charge in [-0.3, -0.25) is 0 Å². The summed E-state index contributed by atoms with van der Waals surface area (Å²) in [6.07, 6.45) is 0.454. The Hall–Kier alpha value is -1.38. The minimum atomic E-state index is -0.723. The third kappa shape index (κ3) is 3.55. The summed E-state index contributed by atoms with van der Waals surface area (Å²) in [6, 6.07) is 12.1. The van der Waals surface area contributed by atoms with Crippen molar-refractivity contribution in [2.24, 2.45) is 0 Å². The molecule has 0 spiro atoms. The zero-order valence-electron chi connectivity index (χ0n) is 10.7. The topological polar surface area (TPSA) is 20.2 Å². The first-order valence-electron chi connectivity index (χ1n) is 6.31. The molecular formula is C16H16ClFO. The molecule has 0 saturated carbocycles. The molecule has 0 saturated heterocycles. The molecular weight excluding hydrogens is 263 g/mol. The van der Waals surface area contributed by atoms with Crippen LogP contribution in [0.4, 0.5) is 4.39 Å². The molecule has 0 aliphatic heterocycles. The van der Waals surface area contributed by atoms with Crippen LogP contribution in [0.1, 0.15) is 29.7 Å². The normalized spacial score (nSPS) is 12.4. The minimum absolute atomic E-state index is 0.220. The molecule has 2 aromatic rings. The molecule has 1 atom stereocenters. The smallest absolute Gasteiger partial charge is 0.126 e. The lowest BCUT2D eigenvalue weighted by Crippen LogP contribution is -2.03. The fraction of sp³-hybridized carbons (Fsp3) is 0.250. The Morgan fingerprint density at radius 1 is 1.16 bits per heavy atom. The second kappa shape index (κ2) is 6.18. The van der Waals surface area contributed by atoms with Gasteiger partial charge < -0.3 is 5.11 Å². The second-order valence-corrected chi connectivity index (χ2v) is 4.99. The van der Waals surface area contributed by atoms with Crippen LogP contribution < -0.4 is 0 Å².